The lowest BCUT2D eigenvalue weighted by atomic mass is 9.79. The molecule has 2 bridgehead atoms. The second-order valence-corrected chi connectivity index (χ2v) is 7.27. The van der Waals surface area contributed by atoms with Crippen LogP contribution in [0.2, 0.25) is 0 Å². The van der Waals surface area contributed by atoms with Crippen molar-refractivity contribution < 1.29 is 4.79 Å². The molecule has 0 spiro atoms. The molecule has 0 aromatic heterocycles. The van der Waals surface area contributed by atoms with Gasteiger partial charge in [0.1, 0.15) is 0 Å². The fraction of sp³-hybridized carbons (Fsp3) is 0.938. The minimum absolute atomic E-state index is 0.183. The van der Waals surface area contributed by atoms with Crippen LogP contribution in [0.5, 0.6) is 0 Å². The van der Waals surface area contributed by atoms with Crippen LogP contribution < -0.4 is 5.73 Å². The summed E-state index contributed by atoms with van der Waals surface area (Å²) < 4.78 is 0. The lowest BCUT2D eigenvalue weighted by molar-refractivity contribution is -0.137. The molecule has 0 radical (unpaired) electrons. The molecule has 3 rings (SSSR count). The topological polar surface area (TPSA) is 49.6 Å². The average Bonchev–Trinajstić information content (AvgIpc) is 2.66. The van der Waals surface area contributed by atoms with E-state index in [1.54, 1.807) is 0 Å². The van der Waals surface area contributed by atoms with Crippen LogP contribution in [-0.4, -0.2) is 54.0 Å². The zero-order valence-corrected chi connectivity index (χ0v) is 12.9. The average molecular weight is 279 g/mol. The van der Waals surface area contributed by atoms with Gasteiger partial charge in [-0.05, 0) is 51.5 Å². The molecule has 4 nitrogen and oxygen atoms in total. The van der Waals surface area contributed by atoms with Crippen molar-refractivity contribution in [1.29, 1.82) is 0 Å². The highest BCUT2D eigenvalue weighted by Crippen LogP contribution is 2.32. The molecule has 3 fully saturated rings. The Kier molecular flexibility index (Phi) is 4.04. The third-order valence-corrected chi connectivity index (χ3v) is 6.07. The molecule has 2 heterocycles. The van der Waals surface area contributed by atoms with Gasteiger partial charge in [-0.15, -0.1) is 0 Å². The van der Waals surface area contributed by atoms with Gasteiger partial charge in [-0.2, -0.15) is 0 Å². The Morgan fingerprint density at radius 2 is 1.85 bits per heavy atom. The molecule has 20 heavy (non-hydrogen) atoms. The molecule has 3 aliphatic rings. The molecule has 1 amide bonds. The van der Waals surface area contributed by atoms with E-state index in [0.717, 1.165) is 38.8 Å². The van der Waals surface area contributed by atoms with Gasteiger partial charge in [0.25, 0.3) is 0 Å². The maximum absolute atomic E-state index is 12.8. The Balaban J connectivity index is 1.63. The van der Waals surface area contributed by atoms with Crippen molar-refractivity contribution in [1.82, 2.24) is 9.80 Å². The lowest BCUT2D eigenvalue weighted by Gasteiger charge is -2.35. The van der Waals surface area contributed by atoms with Gasteiger partial charge in [-0.25, -0.2) is 0 Å². The predicted octanol–water partition coefficient (Wildman–Crippen LogP) is 1.45. The minimum Gasteiger partial charge on any atom is -0.341 e. The summed E-state index contributed by atoms with van der Waals surface area (Å²) in [6.07, 6.45) is 6.75. The summed E-state index contributed by atoms with van der Waals surface area (Å²) in [7, 11) is 2.23. The standard InChI is InChI=1S/C16H29N3O/c1-11-3-4-12(9-15(11)17)16(20)19-8-7-13-5-6-14(10-19)18(13)2/h11-15H,3-10,17H2,1-2H3. The number of likely N-dealkylation sites (N-methyl/N-ethyl adjacent to an activating group) is 1. The molecule has 5 atom stereocenters. The van der Waals surface area contributed by atoms with Crippen LogP contribution >= 0.6 is 0 Å². The SMILES string of the molecule is CC1CCC(C(=O)N2CCC3CCC(C2)N3C)CC1N. The number of fused-ring (bicyclic) bond motifs is 2. The summed E-state index contributed by atoms with van der Waals surface area (Å²) >= 11 is 0. The smallest absolute Gasteiger partial charge is 0.225 e. The third-order valence-electron chi connectivity index (χ3n) is 6.07. The highest BCUT2D eigenvalue weighted by Gasteiger charge is 2.38. The fourth-order valence-corrected chi connectivity index (χ4v) is 4.35. The van der Waals surface area contributed by atoms with Gasteiger partial charge in [0, 0.05) is 37.1 Å². The Labute approximate surface area is 122 Å². The molecule has 2 saturated heterocycles. The molecule has 2 N–H and O–H groups in total. The molecule has 4 heteroatoms. The Hall–Kier alpha value is -0.610. The summed E-state index contributed by atoms with van der Waals surface area (Å²) in [6.45, 7) is 4.10. The van der Waals surface area contributed by atoms with Crippen LogP contribution in [0.25, 0.3) is 0 Å². The quantitative estimate of drug-likeness (QED) is 0.790. The van der Waals surface area contributed by atoms with Crippen molar-refractivity contribution >= 4 is 5.91 Å². The first-order valence-corrected chi connectivity index (χ1v) is 8.32. The minimum atomic E-state index is 0.183. The van der Waals surface area contributed by atoms with Gasteiger partial charge < -0.3 is 10.6 Å². The Morgan fingerprint density at radius 1 is 1.10 bits per heavy atom. The molecule has 0 aromatic carbocycles. The van der Waals surface area contributed by atoms with Crippen molar-refractivity contribution in [3.8, 4) is 0 Å². The second-order valence-electron chi connectivity index (χ2n) is 7.27. The van der Waals surface area contributed by atoms with Crippen LogP contribution in [0.1, 0.15) is 45.4 Å². The van der Waals surface area contributed by atoms with Crippen molar-refractivity contribution in [2.24, 2.45) is 17.6 Å². The van der Waals surface area contributed by atoms with Gasteiger partial charge in [0.05, 0.1) is 0 Å². The van der Waals surface area contributed by atoms with E-state index in [0.29, 0.717) is 23.9 Å². The highest BCUT2D eigenvalue weighted by molar-refractivity contribution is 5.79. The predicted molar refractivity (Wildman–Crippen MR) is 80.3 cm³/mol. The maximum atomic E-state index is 12.8. The van der Waals surface area contributed by atoms with E-state index >= 15 is 0 Å². The normalized spacial score (nSPS) is 42.5. The zero-order valence-electron chi connectivity index (χ0n) is 12.9. The number of nitrogens with zero attached hydrogens (tertiary/aromatic N) is 2. The first-order chi connectivity index (χ1) is 9.56. The zero-order chi connectivity index (χ0) is 14.3. The Bertz CT molecular complexity index is 373. The van der Waals surface area contributed by atoms with E-state index in [9.17, 15) is 4.79 Å². The van der Waals surface area contributed by atoms with Crippen molar-refractivity contribution in [2.45, 2.75) is 63.6 Å². The maximum Gasteiger partial charge on any atom is 0.225 e. The fourth-order valence-electron chi connectivity index (χ4n) is 4.35. The van der Waals surface area contributed by atoms with Gasteiger partial charge in [0.2, 0.25) is 5.91 Å². The monoisotopic (exact) mass is 279 g/mol. The molecule has 5 unspecified atom stereocenters. The van der Waals surface area contributed by atoms with Gasteiger partial charge in [0.15, 0.2) is 0 Å². The van der Waals surface area contributed by atoms with E-state index in [1.165, 1.54) is 12.8 Å². The number of nitrogens with two attached hydrogens (primary N) is 1. The van der Waals surface area contributed by atoms with Crippen LogP contribution in [0, 0.1) is 11.8 Å². The van der Waals surface area contributed by atoms with Crippen molar-refractivity contribution in [3.05, 3.63) is 0 Å². The first-order valence-electron chi connectivity index (χ1n) is 8.32. The number of rotatable bonds is 1. The van der Waals surface area contributed by atoms with E-state index < -0.39 is 0 Å². The largest absolute Gasteiger partial charge is 0.341 e. The first kappa shape index (κ1) is 14.3. The van der Waals surface area contributed by atoms with Crippen LogP contribution in [0.4, 0.5) is 0 Å². The number of amides is 1. The molecule has 1 aliphatic carbocycles. The molecule has 114 valence electrons. The summed E-state index contributed by atoms with van der Waals surface area (Å²) in [4.78, 5) is 17.4. The van der Waals surface area contributed by atoms with E-state index in [-0.39, 0.29) is 12.0 Å². The molecule has 1 saturated carbocycles. The summed E-state index contributed by atoms with van der Waals surface area (Å²) in [5.74, 6) is 1.14. The van der Waals surface area contributed by atoms with Gasteiger partial charge >= 0.3 is 0 Å². The van der Waals surface area contributed by atoms with E-state index in [1.807, 2.05) is 0 Å². The second kappa shape index (κ2) is 5.64. The number of hydrogen-bond acceptors (Lipinski definition) is 3. The highest BCUT2D eigenvalue weighted by atomic mass is 16.2. The van der Waals surface area contributed by atoms with Crippen LogP contribution in [0.15, 0.2) is 0 Å². The molecule has 0 aromatic rings. The molecule has 2 aliphatic heterocycles. The van der Waals surface area contributed by atoms with Gasteiger partial charge in [-0.1, -0.05) is 6.92 Å². The number of hydrogen-bond donors (Lipinski definition) is 1. The van der Waals surface area contributed by atoms with Crippen molar-refractivity contribution in [3.63, 3.8) is 0 Å². The van der Waals surface area contributed by atoms with Gasteiger partial charge in [-0.3, -0.25) is 9.69 Å². The third kappa shape index (κ3) is 2.60. The lowest BCUT2D eigenvalue weighted by Crippen LogP contribution is -2.46. The van der Waals surface area contributed by atoms with Crippen molar-refractivity contribution in [2.75, 3.05) is 20.1 Å². The molecular weight excluding hydrogens is 250 g/mol. The number of carbonyl (C=O) groups is 1. The van der Waals surface area contributed by atoms with Crippen LogP contribution in [0.3, 0.4) is 0 Å². The van der Waals surface area contributed by atoms with Crippen LogP contribution in [-0.2, 0) is 4.79 Å². The summed E-state index contributed by atoms with van der Waals surface area (Å²) in [6, 6.07) is 1.50. The summed E-state index contributed by atoms with van der Waals surface area (Å²) in [5, 5.41) is 0. The number of likely N-dealkylation sites (tertiary alicyclic amines) is 1. The Morgan fingerprint density at radius 3 is 2.60 bits per heavy atom. The molecular formula is C16H29N3O. The number of carbonyl (C=O) groups excluding carboxylic acids is 1. The van der Waals surface area contributed by atoms with E-state index in [4.69, 9.17) is 5.73 Å². The van der Waals surface area contributed by atoms with E-state index in [2.05, 4.69) is 23.8 Å². The summed E-state index contributed by atoms with van der Waals surface area (Å²) in [5.41, 5.74) is 6.17.